The number of hydrogen-bond acceptors (Lipinski definition) is 5. The van der Waals surface area contributed by atoms with E-state index in [1.165, 1.54) is 17.6 Å². The van der Waals surface area contributed by atoms with Crippen LogP contribution < -0.4 is 0 Å². The Morgan fingerprint density at radius 2 is 2.36 bits per heavy atom. The Kier molecular flexibility index (Phi) is 4.83. The molecule has 1 aliphatic rings. The van der Waals surface area contributed by atoms with Gasteiger partial charge in [0.05, 0.1) is 34.7 Å². The molecule has 0 aliphatic carbocycles. The van der Waals surface area contributed by atoms with E-state index in [0.29, 0.717) is 41.2 Å². The second kappa shape index (κ2) is 6.83. The number of rotatable bonds is 4. The maximum absolute atomic E-state index is 12.6. The van der Waals surface area contributed by atoms with E-state index in [1.54, 1.807) is 29.2 Å². The Morgan fingerprint density at radius 1 is 1.50 bits per heavy atom. The molecule has 7 heteroatoms. The van der Waals surface area contributed by atoms with Crippen LogP contribution in [0.5, 0.6) is 0 Å². The zero-order chi connectivity index (χ0) is 15.5. The molecule has 1 fully saturated rings. The van der Waals surface area contributed by atoms with E-state index >= 15 is 0 Å². The second-order valence-corrected chi connectivity index (χ2v) is 6.81. The third kappa shape index (κ3) is 3.35. The lowest BCUT2D eigenvalue weighted by atomic mass is 10.1. The molecule has 1 saturated heterocycles. The highest BCUT2D eigenvalue weighted by atomic mass is 35.5. The van der Waals surface area contributed by atoms with E-state index < -0.39 is 6.10 Å². The quantitative estimate of drug-likeness (QED) is 0.928. The number of carbonyl (C=O) groups excluding carboxylic acids is 1. The molecule has 1 aliphatic heterocycles. The molecule has 0 saturated carbocycles. The maximum Gasteiger partial charge on any atom is 0.264 e. The van der Waals surface area contributed by atoms with Crippen molar-refractivity contribution in [3.8, 4) is 0 Å². The summed E-state index contributed by atoms with van der Waals surface area (Å²) in [6.45, 7) is 1.41. The first kappa shape index (κ1) is 15.6. The normalized spacial score (nSPS) is 20.1. The SMILES string of the molecule is O=C(c1ccc(Cl)s1)N1CCOCC1CC(O)c1ccco1. The molecule has 3 heterocycles. The first-order valence-corrected chi connectivity index (χ1v) is 8.20. The second-order valence-electron chi connectivity index (χ2n) is 5.10. The minimum absolute atomic E-state index is 0.0724. The lowest BCUT2D eigenvalue weighted by Crippen LogP contribution is -2.49. The van der Waals surface area contributed by atoms with E-state index in [9.17, 15) is 9.90 Å². The van der Waals surface area contributed by atoms with Gasteiger partial charge in [-0.1, -0.05) is 11.6 Å². The predicted octanol–water partition coefficient (Wildman–Crippen LogP) is 2.96. The first-order valence-electron chi connectivity index (χ1n) is 7.00. The zero-order valence-electron chi connectivity index (χ0n) is 11.8. The predicted molar refractivity (Wildman–Crippen MR) is 83.3 cm³/mol. The van der Waals surface area contributed by atoms with Crippen LogP contribution in [0.1, 0.15) is 28.0 Å². The number of nitrogens with zero attached hydrogens (tertiary/aromatic N) is 1. The van der Waals surface area contributed by atoms with Crippen LogP contribution in [0.3, 0.4) is 0 Å². The molecule has 0 bridgehead atoms. The van der Waals surface area contributed by atoms with Crippen LogP contribution in [0.25, 0.3) is 0 Å². The number of carbonyl (C=O) groups is 1. The standard InChI is InChI=1S/C15H16ClNO4S/c16-14-4-3-13(22-14)15(19)17-5-7-20-9-10(17)8-11(18)12-2-1-6-21-12/h1-4,6,10-11,18H,5,7-9H2. The number of furan rings is 1. The molecule has 118 valence electrons. The third-order valence-electron chi connectivity index (χ3n) is 3.64. The van der Waals surface area contributed by atoms with Gasteiger partial charge in [-0.15, -0.1) is 11.3 Å². The highest BCUT2D eigenvalue weighted by molar-refractivity contribution is 7.17. The molecule has 22 heavy (non-hydrogen) atoms. The Balaban J connectivity index is 1.72. The molecular weight excluding hydrogens is 326 g/mol. The van der Waals surface area contributed by atoms with E-state index in [2.05, 4.69) is 0 Å². The Morgan fingerprint density at radius 3 is 3.05 bits per heavy atom. The van der Waals surface area contributed by atoms with E-state index in [0.717, 1.165) is 0 Å². The van der Waals surface area contributed by atoms with Crippen LogP contribution in [-0.2, 0) is 4.74 Å². The van der Waals surface area contributed by atoms with Gasteiger partial charge in [-0.2, -0.15) is 0 Å². The van der Waals surface area contributed by atoms with Gasteiger partial charge >= 0.3 is 0 Å². The van der Waals surface area contributed by atoms with Crippen LogP contribution >= 0.6 is 22.9 Å². The van der Waals surface area contributed by atoms with Crippen LogP contribution in [0.2, 0.25) is 4.34 Å². The minimum atomic E-state index is -0.760. The third-order valence-corrected chi connectivity index (χ3v) is 4.86. The Hall–Kier alpha value is -1.34. The van der Waals surface area contributed by atoms with E-state index in [-0.39, 0.29) is 11.9 Å². The maximum atomic E-state index is 12.6. The number of aliphatic hydroxyl groups excluding tert-OH is 1. The van der Waals surface area contributed by atoms with Crippen LogP contribution in [0.4, 0.5) is 0 Å². The van der Waals surface area contributed by atoms with Crippen molar-refractivity contribution in [2.75, 3.05) is 19.8 Å². The van der Waals surface area contributed by atoms with Gasteiger partial charge in [0.1, 0.15) is 11.9 Å². The fourth-order valence-electron chi connectivity index (χ4n) is 2.54. The molecule has 2 unspecified atom stereocenters. The highest BCUT2D eigenvalue weighted by Crippen LogP contribution is 2.27. The van der Waals surface area contributed by atoms with Crippen molar-refractivity contribution in [3.63, 3.8) is 0 Å². The topological polar surface area (TPSA) is 62.9 Å². The Bertz CT molecular complexity index is 627. The fourth-order valence-corrected chi connectivity index (χ4v) is 3.54. The van der Waals surface area contributed by atoms with Crippen LogP contribution in [0, 0.1) is 0 Å². The summed E-state index contributed by atoms with van der Waals surface area (Å²) in [6.07, 6.45) is 1.13. The van der Waals surface area contributed by atoms with Gasteiger partial charge in [0.2, 0.25) is 0 Å². The van der Waals surface area contributed by atoms with Crippen LogP contribution in [-0.4, -0.2) is 41.7 Å². The minimum Gasteiger partial charge on any atom is -0.467 e. The highest BCUT2D eigenvalue weighted by Gasteiger charge is 2.31. The van der Waals surface area contributed by atoms with Crippen molar-refractivity contribution in [1.82, 2.24) is 4.90 Å². The summed E-state index contributed by atoms with van der Waals surface area (Å²) in [7, 11) is 0. The van der Waals surface area contributed by atoms with Gasteiger partial charge in [0.25, 0.3) is 5.91 Å². The number of amides is 1. The molecule has 1 N–H and O–H groups in total. The molecular formula is C15H16ClNO4S. The summed E-state index contributed by atoms with van der Waals surface area (Å²) < 4.78 is 11.3. The van der Waals surface area contributed by atoms with Gasteiger partial charge in [-0.3, -0.25) is 4.79 Å². The average molecular weight is 342 g/mol. The molecule has 2 atom stereocenters. The summed E-state index contributed by atoms with van der Waals surface area (Å²) in [5, 5.41) is 10.2. The molecule has 0 spiro atoms. The van der Waals surface area contributed by atoms with E-state index in [1.807, 2.05) is 0 Å². The van der Waals surface area contributed by atoms with Gasteiger partial charge in [0.15, 0.2) is 0 Å². The number of aliphatic hydroxyl groups is 1. The molecule has 0 radical (unpaired) electrons. The van der Waals surface area contributed by atoms with Crippen molar-refractivity contribution < 1.29 is 19.1 Å². The molecule has 0 aromatic carbocycles. The van der Waals surface area contributed by atoms with Crippen molar-refractivity contribution in [2.45, 2.75) is 18.6 Å². The fraction of sp³-hybridized carbons (Fsp3) is 0.400. The van der Waals surface area contributed by atoms with E-state index in [4.69, 9.17) is 20.8 Å². The number of thiophene rings is 1. The molecule has 1 amide bonds. The van der Waals surface area contributed by atoms with Crippen LogP contribution in [0.15, 0.2) is 34.9 Å². The molecule has 5 nitrogen and oxygen atoms in total. The summed E-state index contributed by atoms with van der Waals surface area (Å²) in [5.74, 6) is 0.425. The molecule has 2 aromatic heterocycles. The Labute approximate surface area is 137 Å². The van der Waals surface area contributed by atoms with Crippen molar-refractivity contribution in [3.05, 3.63) is 45.5 Å². The van der Waals surface area contributed by atoms with Gasteiger partial charge in [0, 0.05) is 13.0 Å². The molecule has 2 aromatic rings. The number of morpholine rings is 1. The number of halogens is 1. The average Bonchev–Trinajstić information content (AvgIpc) is 3.18. The van der Waals surface area contributed by atoms with Crippen molar-refractivity contribution >= 4 is 28.8 Å². The number of hydrogen-bond donors (Lipinski definition) is 1. The smallest absolute Gasteiger partial charge is 0.264 e. The first-order chi connectivity index (χ1) is 10.6. The lowest BCUT2D eigenvalue weighted by molar-refractivity contribution is -0.0193. The monoisotopic (exact) mass is 341 g/mol. The van der Waals surface area contributed by atoms with Gasteiger partial charge < -0.3 is 19.2 Å². The number of ether oxygens (including phenoxy) is 1. The summed E-state index contributed by atoms with van der Waals surface area (Å²) >= 11 is 7.16. The van der Waals surface area contributed by atoms with Crippen molar-refractivity contribution in [2.24, 2.45) is 0 Å². The van der Waals surface area contributed by atoms with Gasteiger partial charge in [-0.25, -0.2) is 0 Å². The van der Waals surface area contributed by atoms with Gasteiger partial charge in [-0.05, 0) is 24.3 Å². The summed E-state index contributed by atoms with van der Waals surface area (Å²) in [6, 6.07) is 6.70. The molecule has 3 rings (SSSR count). The summed E-state index contributed by atoms with van der Waals surface area (Å²) in [5.41, 5.74) is 0. The lowest BCUT2D eigenvalue weighted by Gasteiger charge is -2.36. The largest absolute Gasteiger partial charge is 0.467 e. The zero-order valence-corrected chi connectivity index (χ0v) is 13.3. The summed E-state index contributed by atoms with van der Waals surface area (Å²) in [4.78, 5) is 15.0. The van der Waals surface area contributed by atoms with Crippen molar-refractivity contribution in [1.29, 1.82) is 0 Å².